The van der Waals surface area contributed by atoms with Crippen LogP contribution in [0.2, 0.25) is 5.02 Å². The molecule has 1 aromatic carbocycles. The lowest BCUT2D eigenvalue weighted by Crippen LogP contribution is -2.32. The number of benzene rings is 1. The van der Waals surface area contributed by atoms with Crippen molar-refractivity contribution in [1.29, 1.82) is 0 Å². The van der Waals surface area contributed by atoms with Crippen LogP contribution < -0.4 is 0 Å². The Labute approximate surface area is 108 Å². The van der Waals surface area contributed by atoms with Gasteiger partial charge in [-0.15, -0.1) is 0 Å². The van der Waals surface area contributed by atoms with Crippen LogP contribution >= 0.6 is 11.6 Å². The van der Waals surface area contributed by atoms with Gasteiger partial charge in [0.1, 0.15) is 5.60 Å². The van der Waals surface area contributed by atoms with Gasteiger partial charge in [-0.25, -0.2) is 0 Å². The summed E-state index contributed by atoms with van der Waals surface area (Å²) < 4.78 is 0. The fraction of sp³-hybridized carbons (Fsp3) is 0.429. The molecule has 17 heavy (non-hydrogen) atoms. The molecule has 1 N–H and O–H groups in total. The standard InChI is InChI=1S/C14H18ClNO/c1-14(17,11-3-5-13(15)6-4-11)12-7-9-16(2)10-8-12/h3-7,17H,8-10H2,1-2H3/t14-/m1/s1. The van der Waals surface area contributed by atoms with Gasteiger partial charge >= 0.3 is 0 Å². The molecular weight excluding hydrogens is 234 g/mol. The molecule has 0 amide bonds. The number of halogens is 1. The van der Waals surface area contributed by atoms with Gasteiger partial charge in [-0.3, -0.25) is 0 Å². The van der Waals surface area contributed by atoms with Gasteiger partial charge in [0.25, 0.3) is 0 Å². The molecule has 0 saturated heterocycles. The SMILES string of the molecule is CN1CC=C([C@](C)(O)c2ccc(Cl)cc2)CC1. The van der Waals surface area contributed by atoms with Crippen molar-refractivity contribution in [2.45, 2.75) is 18.9 Å². The van der Waals surface area contributed by atoms with Crippen molar-refractivity contribution in [2.24, 2.45) is 0 Å². The normalized spacial score (nSPS) is 20.8. The maximum absolute atomic E-state index is 10.7. The lowest BCUT2D eigenvalue weighted by atomic mass is 9.84. The van der Waals surface area contributed by atoms with Gasteiger partial charge in [0, 0.05) is 18.1 Å². The minimum absolute atomic E-state index is 0.696. The molecule has 1 aromatic rings. The Bertz CT molecular complexity index is 422. The van der Waals surface area contributed by atoms with Crippen molar-refractivity contribution >= 4 is 11.6 Å². The molecule has 92 valence electrons. The van der Waals surface area contributed by atoms with Crippen molar-refractivity contribution in [3.8, 4) is 0 Å². The van der Waals surface area contributed by atoms with Crippen molar-refractivity contribution in [3.63, 3.8) is 0 Å². The number of hydrogen-bond acceptors (Lipinski definition) is 2. The number of likely N-dealkylation sites (N-methyl/N-ethyl adjacent to an activating group) is 1. The van der Waals surface area contributed by atoms with Crippen molar-refractivity contribution < 1.29 is 5.11 Å². The van der Waals surface area contributed by atoms with E-state index in [0.29, 0.717) is 5.02 Å². The van der Waals surface area contributed by atoms with Gasteiger partial charge in [-0.05, 0) is 43.7 Å². The van der Waals surface area contributed by atoms with Crippen LogP contribution in [0.15, 0.2) is 35.9 Å². The van der Waals surface area contributed by atoms with E-state index >= 15 is 0 Å². The van der Waals surface area contributed by atoms with Gasteiger partial charge in [0.2, 0.25) is 0 Å². The highest BCUT2D eigenvalue weighted by molar-refractivity contribution is 6.30. The van der Waals surface area contributed by atoms with Crippen LogP contribution in [0.1, 0.15) is 18.9 Å². The molecule has 1 atom stereocenters. The average molecular weight is 252 g/mol. The first-order valence-corrected chi connectivity index (χ1v) is 6.24. The maximum atomic E-state index is 10.7. The number of hydrogen-bond donors (Lipinski definition) is 1. The summed E-state index contributed by atoms with van der Waals surface area (Å²) in [5, 5.41) is 11.4. The predicted octanol–water partition coefficient (Wildman–Crippen LogP) is 2.81. The molecule has 0 radical (unpaired) electrons. The zero-order chi connectivity index (χ0) is 12.5. The largest absolute Gasteiger partial charge is 0.381 e. The summed E-state index contributed by atoms with van der Waals surface area (Å²) in [4.78, 5) is 2.24. The van der Waals surface area contributed by atoms with Gasteiger partial charge in [-0.2, -0.15) is 0 Å². The first-order chi connectivity index (χ1) is 8.00. The van der Waals surface area contributed by atoms with Crippen LogP contribution in [0.4, 0.5) is 0 Å². The van der Waals surface area contributed by atoms with E-state index in [-0.39, 0.29) is 0 Å². The molecule has 1 heterocycles. The molecule has 0 fully saturated rings. The number of rotatable bonds is 2. The van der Waals surface area contributed by atoms with Gasteiger partial charge < -0.3 is 10.0 Å². The van der Waals surface area contributed by atoms with Gasteiger partial charge in [-0.1, -0.05) is 29.8 Å². The Balaban J connectivity index is 2.26. The lowest BCUT2D eigenvalue weighted by Gasteiger charge is -2.32. The van der Waals surface area contributed by atoms with Gasteiger partial charge in [0.05, 0.1) is 0 Å². The van der Waals surface area contributed by atoms with Crippen molar-refractivity contribution in [2.75, 3.05) is 20.1 Å². The van der Waals surface area contributed by atoms with Crippen molar-refractivity contribution in [3.05, 3.63) is 46.5 Å². The summed E-state index contributed by atoms with van der Waals surface area (Å²) in [6.45, 7) is 3.75. The average Bonchev–Trinajstić information content (AvgIpc) is 2.30. The smallest absolute Gasteiger partial charge is 0.108 e. The number of aliphatic hydroxyl groups is 1. The van der Waals surface area contributed by atoms with E-state index in [1.807, 2.05) is 31.2 Å². The van der Waals surface area contributed by atoms with Crippen molar-refractivity contribution in [1.82, 2.24) is 4.90 Å². The quantitative estimate of drug-likeness (QED) is 0.817. The molecule has 1 aliphatic rings. The molecule has 2 rings (SSSR count). The van der Waals surface area contributed by atoms with Crippen LogP contribution in [-0.4, -0.2) is 30.1 Å². The summed E-state index contributed by atoms with van der Waals surface area (Å²) in [6, 6.07) is 7.42. The Morgan fingerprint density at radius 2 is 1.94 bits per heavy atom. The van der Waals surface area contributed by atoms with E-state index < -0.39 is 5.60 Å². The lowest BCUT2D eigenvalue weighted by molar-refractivity contribution is 0.0886. The second-order valence-corrected chi connectivity index (χ2v) is 5.26. The van der Waals surface area contributed by atoms with Crippen LogP contribution in [-0.2, 0) is 5.60 Å². The highest BCUT2D eigenvalue weighted by atomic mass is 35.5. The Morgan fingerprint density at radius 1 is 1.29 bits per heavy atom. The highest BCUT2D eigenvalue weighted by Gasteiger charge is 2.29. The van der Waals surface area contributed by atoms with Gasteiger partial charge in [0.15, 0.2) is 0 Å². The molecule has 2 nitrogen and oxygen atoms in total. The summed E-state index contributed by atoms with van der Waals surface area (Å²) in [5.74, 6) is 0. The predicted molar refractivity (Wildman–Crippen MR) is 71.2 cm³/mol. The number of nitrogens with zero attached hydrogens (tertiary/aromatic N) is 1. The van der Waals surface area contributed by atoms with E-state index in [9.17, 15) is 5.11 Å². The highest BCUT2D eigenvalue weighted by Crippen LogP contribution is 2.33. The topological polar surface area (TPSA) is 23.5 Å². The molecular formula is C14H18ClNO. The monoisotopic (exact) mass is 251 g/mol. The third kappa shape index (κ3) is 2.71. The summed E-state index contributed by atoms with van der Waals surface area (Å²) in [7, 11) is 2.09. The molecule has 1 aliphatic heterocycles. The Kier molecular flexibility index (Phi) is 3.57. The fourth-order valence-corrected chi connectivity index (χ4v) is 2.30. The summed E-state index contributed by atoms with van der Waals surface area (Å²) >= 11 is 5.86. The minimum atomic E-state index is -0.883. The second kappa shape index (κ2) is 4.81. The molecule has 0 unspecified atom stereocenters. The van der Waals surface area contributed by atoms with E-state index in [4.69, 9.17) is 11.6 Å². The van der Waals surface area contributed by atoms with Crippen LogP contribution in [0, 0.1) is 0 Å². The van der Waals surface area contributed by atoms with Crippen LogP contribution in [0.25, 0.3) is 0 Å². The third-order valence-corrected chi connectivity index (χ3v) is 3.70. The summed E-state index contributed by atoms with van der Waals surface area (Å²) in [5.41, 5.74) is 1.11. The zero-order valence-electron chi connectivity index (χ0n) is 10.3. The van der Waals surface area contributed by atoms with E-state index in [2.05, 4.69) is 18.0 Å². The van der Waals surface area contributed by atoms with Crippen LogP contribution in [0.3, 0.4) is 0 Å². The molecule has 3 heteroatoms. The zero-order valence-corrected chi connectivity index (χ0v) is 11.0. The Morgan fingerprint density at radius 3 is 2.47 bits per heavy atom. The fourth-order valence-electron chi connectivity index (χ4n) is 2.17. The molecule has 0 spiro atoms. The molecule has 0 aliphatic carbocycles. The van der Waals surface area contributed by atoms with E-state index in [1.165, 1.54) is 0 Å². The maximum Gasteiger partial charge on any atom is 0.108 e. The van der Waals surface area contributed by atoms with E-state index in [0.717, 1.165) is 30.6 Å². The van der Waals surface area contributed by atoms with Crippen LogP contribution in [0.5, 0.6) is 0 Å². The first-order valence-electron chi connectivity index (χ1n) is 5.86. The minimum Gasteiger partial charge on any atom is -0.381 e. The Hall–Kier alpha value is -0.830. The second-order valence-electron chi connectivity index (χ2n) is 4.82. The molecule has 0 bridgehead atoms. The van der Waals surface area contributed by atoms with E-state index in [1.54, 1.807) is 0 Å². The summed E-state index contributed by atoms with van der Waals surface area (Å²) in [6.07, 6.45) is 3.03. The molecule has 0 aromatic heterocycles. The first kappa shape index (κ1) is 12.6. The molecule has 0 saturated carbocycles. The third-order valence-electron chi connectivity index (χ3n) is 3.44.